The summed E-state index contributed by atoms with van der Waals surface area (Å²) in [6.07, 6.45) is 0.852. The van der Waals surface area contributed by atoms with Crippen molar-refractivity contribution in [1.82, 2.24) is 17.6 Å². The van der Waals surface area contributed by atoms with E-state index < -0.39 is 0 Å². The van der Waals surface area contributed by atoms with Crippen molar-refractivity contribution in [3.05, 3.63) is 312 Å². The van der Waals surface area contributed by atoms with E-state index in [1.54, 1.807) is 0 Å². The Morgan fingerprint density at radius 3 is 0.958 bits per heavy atom. The Morgan fingerprint density at radius 2 is 0.517 bits per heavy atom. The summed E-state index contributed by atoms with van der Waals surface area (Å²) in [4.78, 5) is 0. The highest BCUT2D eigenvalue weighted by Crippen LogP contribution is 2.55. The summed E-state index contributed by atoms with van der Waals surface area (Å²) in [5.41, 5.74) is 34.0. The second-order valence-corrected chi connectivity index (χ2v) is 41.4. The van der Waals surface area contributed by atoms with Gasteiger partial charge in [-0.3, -0.25) is 0 Å². The molecule has 16 aromatic carbocycles. The maximum Gasteiger partial charge on any atom is 0.0626 e. The van der Waals surface area contributed by atoms with Crippen molar-refractivity contribution in [3.63, 3.8) is 0 Å². The highest BCUT2D eigenvalue weighted by molar-refractivity contribution is 6.35. The molecule has 0 spiro atoms. The van der Waals surface area contributed by atoms with E-state index in [1.165, 1.54) is 257 Å². The molecular formula is C116H98N4. The minimum Gasteiger partial charge on any atom is -0.308 e. The second kappa shape index (κ2) is 23.8. The minimum absolute atomic E-state index is 0.00600. The first-order valence-electron chi connectivity index (χ1n) is 43.5. The van der Waals surface area contributed by atoms with E-state index in [4.69, 9.17) is 0 Å². The number of para-hydroxylation sites is 1. The van der Waals surface area contributed by atoms with Gasteiger partial charge in [-0.05, 0) is 247 Å². The molecule has 8 heterocycles. The molecule has 4 nitrogen and oxygen atoms in total. The topological polar surface area (TPSA) is 17.6 Å². The van der Waals surface area contributed by atoms with Crippen LogP contribution in [0, 0.1) is 0 Å². The van der Waals surface area contributed by atoms with E-state index in [2.05, 4.69) is 408 Å². The molecule has 582 valence electrons. The summed E-state index contributed by atoms with van der Waals surface area (Å²) in [7, 11) is 0. The van der Waals surface area contributed by atoms with Gasteiger partial charge in [0.05, 0.1) is 66.2 Å². The van der Waals surface area contributed by atoms with Gasteiger partial charge in [-0.2, -0.15) is 0 Å². The molecule has 0 radical (unpaired) electrons. The van der Waals surface area contributed by atoms with Crippen LogP contribution in [0.5, 0.6) is 0 Å². The van der Waals surface area contributed by atoms with Crippen LogP contribution in [0.4, 0.5) is 0 Å². The highest BCUT2D eigenvalue weighted by Gasteiger charge is 2.33. The molecule has 0 bridgehead atoms. The molecule has 0 fully saturated rings. The van der Waals surface area contributed by atoms with Crippen molar-refractivity contribution in [3.8, 4) is 44.5 Å². The second-order valence-electron chi connectivity index (χ2n) is 41.4. The first-order chi connectivity index (χ1) is 57.4. The van der Waals surface area contributed by atoms with Gasteiger partial charge in [0.15, 0.2) is 0 Å². The minimum atomic E-state index is -0.261. The summed E-state index contributed by atoms with van der Waals surface area (Å²) >= 11 is 0. The molecule has 0 aliphatic rings. The van der Waals surface area contributed by atoms with Gasteiger partial charge in [-0.1, -0.05) is 288 Å². The van der Waals surface area contributed by atoms with Crippen LogP contribution < -0.4 is 0 Å². The van der Waals surface area contributed by atoms with Gasteiger partial charge < -0.3 is 17.6 Å². The van der Waals surface area contributed by atoms with E-state index in [0.717, 1.165) is 6.42 Å². The lowest BCUT2D eigenvalue weighted by molar-refractivity contribution is 0.523. The van der Waals surface area contributed by atoms with Crippen LogP contribution in [0.2, 0.25) is 0 Å². The number of rotatable bonds is 7. The molecule has 0 saturated carbocycles. The number of aromatic nitrogens is 4. The SMILES string of the molecule is CC(C)(C)c1ccc(-c2c3cc4c5cc(C(C)(C)C)cc6c7cc(C(C)(C)Cc8ccc9c(c8)c8c(-c%10ccccc%10)ccc%10c%11cc%12c(cc%11n9c%108)c8ccc(-c9ccccc9)c9c%10ccccc%10n%12c89)ccc7n(c4cc3c(-c3ccc(C(C)(C)C)cc3)c3cc4c7cc(C(C)(C)C)cc8c9cc(C(C)(C)C)ccc9n(c4cc23)c87)c65)cc1. The van der Waals surface area contributed by atoms with Crippen molar-refractivity contribution in [2.45, 2.75) is 157 Å². The zero-order valence-electron chi connectivity index (χ0n) is 72.0. The Kier molecular flexibility index (Phi) is 14.2. The Labute approximate surface area is 699 Å². The number of fused-ring (bicyclic) bond motifs is 26. The van der Waals surface area contributed by atoms with Crippen LogP contribution >= 0.6 is 0 Å². The number of benzene rings is 16. The normalized spacial score (nSPS) is 13.6. The zero-order valence-corrected chi connectivity index (χ0v) is 72.0. The molecular weight excluding hydrogens is 1450 g/mol. The number of hydrogen-bond donors (Lipinski definition) is 0. The van der Waals surface area contributed by atoms with Crippen LogP contribution in [0.1, 0.15) is 157 Å². The van der Waals surface area contributed by atoms with Crippen molar-refractivity contribution in [2.24, 2.45) is 0 Å². The zero-order chi connectivity index (χ0) is 82.0. The number of hydrogen-bond acceptors (Lipinski definition) is 0. The fourth-order valence-electron chi connectivity index (χ4n) is 22.0. The lowest BCUT2D eigenvalue weighted by Crippen LogP contribution is -2.20. The average molecular weight is 1550 g/mol. The third-order valence-corrected chi connectivity index (χ3v) is 28.4. The number of nitrogens with zero attached hydrogens (tertiary/aromatic N) is 4. The van der Waals surface area contributed by atoms with Gasteiger partial charge in [0.1, 0.15) is 0 Å². The lowest BCUT2D eigenvalue weighted by atomic mass is 9.78. The largest absolute Gasteiger partial charge is 0.308 e. The van der Waals surface area contributed by atoms with Crippen molar-refractivity contribution in [2.75, 3.05) is 0 Å². The molecule has 0 atom stereocenters. The summed E-state index contributed by atoms with van der Waals surface area (Å²) in [6, 6.07) is 108. The van der Waals surface area contributed by atoms with Crippen LogP contribution in [-0.4, -0.2) is 17.6 Å². The predicted molar refractivity (Wildman–Crippen MR) is 519 cm³/mol. The van der Waals surface area contributed by atoms with Gasteiger partial charge in [-0.15, -0.1) is 0 Å². The van der Waals surface area contributed by atoms with Crippen molar-refractivity contribution in [1.29, 1.82) is 0 Å². The first-order valence-corrected chi connectivity index (χ1v) is 43.5. The quantitative estimate of drug-likeness (QED) is 0.142. The van der Waals surface area contributed by atoms with E-state index in [0.29, 0.717) is 0 Å². The fourth-order valence-corrected chi connectivity index (χ4v) is 22.0. The summed E-state index contributed by atoms with van der Waals surface area (Å²) in [5.74, 6) is 0. The standard InChI is InChI=1S/C116H98N4/c1-111(2,3)69-37-33-67(34-38-69)103-87-58-83-93-56-74(115(13,14)15)54-91-81-52-72(42-49-97(81)118(108(91)93)102(83)62-89(87)104(68-35-39-70(40-36-68)112(4,5)6)86-57-82-92-55-73(114(10,11)12)53-90-80-51-71(113(7,8)9)41-48-96(80)117(107(90)92)101(82)61-88(86)103)116(16,17)63-64-32-47-98-94(50-64)106-76(66-28-22-19-23-29-66)44-46-78-85-59-99-84(60-100(85)120(98)110(78)106)77-45-43-75(65-26-20-18-21-27-65)105-79-30-24-25-31-95(79)119(99)109(77)105/h18-62H,63H2,1-17H3. The van der Waals surface area contributed by atoms with Crippen molar-refractivity contribution < 1.29 is 0 Å². The van der Waals surface area contributed by atoms with Gasteiger partial charge in [0, 0.05) is 86.2 Å². The highest BCUT2D eigenvalue weighted by atomic mass is 14.9. The molecule has 24 aromatic rings. The van der Waals surface area contributed by atoms with Crippen molar-refractivity contribution >= 4 is 174 Å². The molecule has 8 aromatic heterocycles. The Hall–Kier alpha value is -12.8. The first kappa shape index (κ1) is 71.4. The average Bonchev–Trinajstić information content (AvgIpc) is 1.51. The summed E-state index contributed by atoms with van der Waals surface area (Å²) < 4.78 is 10.5. The third-order valence-electron chi connectivity index (χ3n) is 28.4. The van der Waals surface area contributed by atoms with E-state index >= 15 is 0 Å². The molecule has 120 heavy (non-hydrogen) atoms. The van der Waals surface area contributed by atoms with Gasteiger partial charge in [-0.25, -0.2) is 0 Å². The molecule has 0 aliphatic carbocycles. The van der Waals surface area contributed by atoms with Crippen LogP contribution in [0.25, 0.3) is 218 Å². The van der Waals surface area contributed by atoms with Crippen LogP contribution in [0.15, 0.2) is 273 Å². The summed E-state index contributed by atoms with van der Waals surface area (Å²) in [6.45, 7) is 40.3. The molecule has 0 unspecified atom stereocenters. The summed E-state index contributed by atoms with van der Waals surface area (Å²) in [5, 5.41) is 25.9. The van der Waals surface area contributed by atoms with E-state index in [1.807, 2.05) is 0 Å². The molecule has 0 N–H and O–H groups in total. The predicted octanol–water partition coefficient (Wildman–Crippen LogP) is 32.3. The Balaban J connectivity index is 0.717. The van der Waals surface area contributed by atoms with Crippen LogP contribution in [0.3, 0.4) is 0 Å². The Morgan fingerprint density at radius 1 is 0.192 bits per heavy atom. The van der Waals surface area contributed by atoms with Gasteiger partial charge in [0.2, 0.25) is 0 Å². The molecule has 0 saturated heterocycles. The lowest BCUT2D eigenvalue weighted by Gasteiger charge is -2.26. The third kappa shape index (κ3) is 9.88. The smallest absolute Gasteiger partial charge is 0.0626 e. The fraction of sp³-hybridized carbons (Fsp3) is 0.207. The van der Waals surface area contributed by atoms with Gasteiger partial charge >= 0.3 is 0 Å². The molecule has 4 heteroatoms. The molecule has 24 rings (SSSR count). The van der Waals surface area contributed by atoms with Gasteiger partial charge in [0.25, 0.3) is 0 Å². The van der Waals surface area contributed by atoms with Crippen LogP contribution in [-0.2, 0) is 38.9 Å². The maximum atomic E-state index is 2.66. The van der Waals surface area contributed by atoms with E-state index in [-0.39, 0.29) is 32.5 Å². The molecule has 0 aliphatic heterocycles. The van der Waals surface area contributed by atoms with E-state index in [9.17, 15) is 0 Å². The maximum absolute atomic E-state index is 2.66. The molecule has 0 amide bonds. The Bertz CT molecular complexity index is 8530. The monoisotopic (exact) mass is 1550 g/mol.